The summed E-state index contributed by atoms with van der Waals surface area (Å²) < 4.78 is 15.4. The molecule has 0 atom stereocenters. The van der Waals surface area contributed by atoms with Gasteiger partial charge in [0.1, 0.15) is 23.1 Å². The molecule has 0 aliphatic carbocycles. The maximum Gasteiger partial charge on any atom is 0.255 e. The van der Waals surface area contributed by atoms with Gasteiger partial charge in [-0.1, -0.05) is 11.6 Å². The van der Waals surface area contributed by atoms with Gasteiger partial charge < -0.3 is 5.32 Å². The van der Waals surface area contributed by atoms with Crippen LogP contribution in [0.5, 0.6) is 0 Å². The number of nitriles is 1. The average Bonchev–Trinajstić information content (AvgIpc) is 2.93. The fourth-order valence-electron chi connectivity index (χ4n) is 1.86. The van der Waals surface area contributed by atoms with Gasteiger partial charge in [0, 0.05) is 5.56 Å². The third-order valence-corrected chi connectivity index (χ3v) is 3.32. The fraction of sp³-hybridized carbons (Fsp3) is 0.0769. The van der Waals surface area contributed by atoms with E-state index in [2.05, 4.69) is 20.4 Å². The summed E-state index contributed by atoms with van der Waals surface area (Å²) >= 11 is 6.03. The molecule has 0 radical (unpaired) electrons. The Morgan fingerprint density at radius 2 is 2.24 bits per heavy atom. The number of nitrogens with zero attached hydrogens (tertiary/aromatic N) is 5. The number of halogens is 2. The van der Waals surface area contributed by atoms with Crippen LogP contribution in [-0.2, 0) is 0 Å². The van der Waals surface area contributed by atoms with Crippen molar-refractivity contribution in [3.8, 4) is 6.07 Å². The van der Waals surface area contributed by atoms with Crippen molar-refractivity contribution in [2.45, 2.75) is 6.92 Å². The lowest BCUT2D eigenvalue weighted by Crippen LogP contribution is -2.06. The molecular weight excluding hydrogens is 295 g/mol. The van der Waals surface area contributed by atoms with Gasteiger partial charge >= 0.3 is 0 Å². The molecule has 3 rings (SSSR count). The van der Waals surface area contributed by atoms with Crippen LogP contribution >= 0.6 is 11.6 Å². The molecular formula is C13H8ClFN6. The van der Waals surface area contributed by atoms with Crippen molar-refractivity contribution in [1.29, 1.82) is 5.26 Å². The van der Waals surface area contributed by atoms with Gasteiger partial charge in [0.2, 0.25) is 0 Å². The zero-order chi connectivity index (χ0) is 15.0. The summed E-state index contributed by atoms with van der Waals surface area (Å²) in [7, 11) is 0. The highest BCUT2D eigenvalue weighted by Gasteiger charge is 2.14. The van der Waals surface area contributed by atoms with Gasteiger partial charge in [-0.2, -0.15) is 24.8 Å². The molecule has 0 fully saturated rings. The number of anilines is 2. The standard InChI is InChI=1S/C13H8ClFN6/c1-7-11(14)20-13-17-6-18-21(13)12(7)19-10-3-2-8(5-16)4-9(10)15/h2-4,6,19H,1H3. The number of hydrogen-bond acceptors (Lipinski definition) is 5. The second-order valence-electron chi connectivity index (χ2n) is 4.28. The van der Waals surface area contributed by atoms with Crippen molar-refractivity contribution in [2.75, 3.05) is 5.32 Å². The second kappa shape index (κ2) is 5.00. The molecule has 0 bridgehead atoms. The molecule has 8 heteroatoms. The molecule has 0 saturated carbocycles. The third-order valence-electron chi connectivity index (χ3n) is 2.96. The monoisotopic (exact) mass is 302 g/mol. The summed E-state index contributed by atoms with van der Waals surface area (Å²) in [6.07, 6.45) is 1.33. The normalized spacial score (nSPS) is 10.6. The molecule has 2 heterocycles. The van der Waals surface area contributed by atoms with Crippen LogP contribution in [-0.4, -0.2) is 19.6 Å². The zero-order valence-electron chi connectivity index (χ0n) is 10.8. The largest absolute Gasteiger partial charge is 0.337 e. The lowest BCUT2D eigenvalue weighted by molar-refractivity contribution is 0.631. The molecule has 1 aromatic carbocycles. The lowest BCUT2D eigenvalue weighted by atomic mass is 10.2. The Morgan fingerprint density at radius 1 is 1.43 bits per heavy atom. The Labute approximate surface area is 123 Å². The Kier molecular flexibility index (Phi) is 3.16. The van der Waals surface area contributed by atoms with E-state index in [0.717, 1.165) is 6.07 Å². The summed E-state index contributed by atoms with van der Waals surface area (Å²) in [6.45, 7) is 1.74. The van der Waals surface area contributed by atoms with E-state index in [4.69, 9.17) is 16.9 Å². The Bertz CT molecular complexity index is 882. The molecule has 0 spiro atoms. The van der Waals surface area contributed by atoms with E-state index in [9.17, 15) is 4.39 Å². The van der Waals surface area contributed by atoms with E-state index in [1.807, 2.05) is 6.07 Å². The Morgan fingerprint density at radius 3 is 2.95 bits per heavy atom. The third kappa shape index (κ3) is 2.26. The molecule has 0 saturated heterocycles. The summed E-state index contributed by atoms with van der Waals surface area (Å²) in [5, 5.41) is 15.9. The number of hydrogen-bond donors (Lipinski definition) is 1. The highest BCUT2D eigenvalue weighted by atomic mass is 35.5. The number of aromatic nitrogens is 4. The Balaban J connectivity index is 2.12. The summed E-state index contributed by atoms with van der Waals surface area (Å²) in [4.78, 5) is 8.02. The highest BCUT2D eigenvalue weighted by Crippen LogP contribution is 2.27. The van der Waals surface area contributed by atoms with Crippen LogP contribution in [0.1, 0.15) is 11.1 Å². The van der Waals surface area contributed by atoms with Crippen LogP contribution in [0.4, 0.5) is 15.9 Å². The van der Waals surface area contributed by atoms with Crippen molar-refractivity contribution in [3.05, 3.63) is 46.6 Å². The van der Waals surface area contributed by atoms with Crippen molar-refractivity contribution < 1.29 is 4.39 Å². The molecule has 0 aliphatic heterocycles. The number of rotatable bonds is 2. The van der Waals surface area contributed by atoms with Crippen molar-refractivity contribution in [3.63, 3.8) is 0 Å². The summed E-state index contributed by atoms with van der Waals surface area (Å²) in [5.41, 5.74) is 1.06. The maximum atomic E-state index is 14.0. The fourth-order valence-corrected chi connectivity index (χ4v) is 2.02. The molecule has 1 N–H and O–H groups in total. The van der Waals surface area contributed by atoms with Crippen LogP contribution in [0.2, 0.25) is 5.15 Å². The van der Waals surface area contributed by atoms with E-state index in [1.54, 1.807) is 6.92 Å². The minimum absolute atomic E-state index is 0.205. The first-order valence-corrected chi connectivity index (χ1v) is 6.30. The molecule has 104 valence electrons. The van der Waals surface area contributed by atoms with E-state index in [0.29, 0.717) is 17.2 Å². The smallest absolute Gasteiger partial charge is 0.255 e. The van der Waals surface area contributed by atoms with Gasteiger partial charge in [-0.25, -0.2) is 4.39 Å². The molecule has 0 unspecified atom stereocenters. The van der Waals surface area contributed by atoms with Crippen LogP contribution in [0.25, 0.3) is 5.78 Å². The van der Waals surface area contributed by atoms with E-state index < -0.39 is 5.82 Å². The topological polar surface area (TPSA) is 78.9 Å². The molecule has 3 aromatic rings. The van der Waals surface area contributed by atoms with Crippen LogP contribution in [0.15, 0.2) is 24.5 Å². The second-order valence-corrected chi connectivity index (χ2v) is 4.64. The first kappa shape index (κ1) is 13.3. The Hall–Kier alpha value is -2.72. The van der Waals surface area contributed by atoms with Gasteiger partial charge in [0.15, 0.2) is 0 Å². The minimum atomic E-state index is -0.547. The zero-order valence-corrected chi connectivity index (χ0v) is 11.6. The van der Waals surface area contributed by atoms with Crippen LogP contribution in [0.3, 0.4) is 0 Å². The lowest BCUT2D eigenvalue weighted by Gasteiger charge is -2.12. The summed E-state index contributed by atoms with van der Waals surface area (Å²) in [5.74, 6) is 0.225. The summed E-state index contributed by atoms with van der Waals surface area (Å²) in [6, 6.07) is 6.02. The van der Waals surface area contributed by atoms with E-state index in [1.165, 1.54) is 23.0 Å². The van der Waals surface area contributed by atoms with E-state index >= 15 is 0 Å². The molecule has 6 nitrogen and oxygen atoms in total. The van der Waals surface area contributed by atoms with Gasteiger partial charge in [-0.05, 0) is 25.1 Å². The molecule has 2 aromatic heterocycles. The number of benzene rings is 1. The van der Waals surface area contributed by atoms with Crippen LogP contribution < -0.4 is 5.32 Å². The number of nitrogens with one attached hydrogen (secondary N) is 1. The number of fused-ring (bicyclic) bond motifs is 1. The molecule has 21 heavy (non-hydrogen) atoms. The van der Waals surface area contributed by atoms with Crippen molar-refractivity contribution in [1.82, 2.24) is 19.6 Å². The van der Waals surface area contributed by atoms with Gasteiger partial charge in [0.25, 0.3) is 5.78 Å². The molecule has 0 amide bonds. The first-order valence-electron chi connectivity index (χ1n) is 5.92. The highest BCUT2D eigenvalue weighted by molar-refractivity contribution is 6.30. The van der Waals surface area contributed by atoms with Crippen LogP contribution in [0, 0.1) is 24.1 Å². The quantitative estimate of drug-likeness (QED) is 0.736. The van der Waals surface area contributed by atoms with Gasteiger partial charge in [0.05, 0.1) is 17.3 Å². The van der Waals surface area contributed by atoms with Crippen molar-refractivity contribution >= 4 is 28.9 Å². The average molecular weight is 303 g/mol. The first-order chi connectivity index (χ1) is 10.1. The van der Waals surface area contributed by atoms with E-state index in [-0.39, 0.29) is 16.4 Å². The molecule has 0 aliphatic rings. The van der Waals surface area contributed by atoms with Crippen molar-refractivity contribution in [2.24, 2.45) is 0 Å². The van der Waals surface area contributed by atoms with Gasteiger partial charge in [-0.3, -0.25) is 0 Å². The maximum absolute atomic E-state index is 14.0. The van der Waals surface area contributed by atoms with Gasteiger partial charge in [-0.15, -0.1) is 0 Å². The SMILES string of the molecule is Cc1c(Cl)nc2ncnn2c1Nc1ccc(C#N)cc1F. The predicted molar refractivity (Wildman–Crippen MR) is 74.9 cm³/mol. The predicted octanol–water partition coefficient (Wildman–Crippen LogP) is 2.84. The minimum Gasteiger partial charge on any atom is -0.337 e.